The normalized spacial score (nSPS) is 12.8. The van der Waals surface area contributed by atoms with Gasteiger partial charge in [0.05, 0.1) is 6.61 Å². The Bertz CT molecular complexity index is 884. The second-order valence-corrected chi connectivity index (χ2v) is 13.5. The highest BCUT2D eigenvalue weighted by atomic mass is 16.6. The number of carbonyl (C=O) groups is 2. The smallest absolute Gasteiger partial charge is 0.306 e. The lowest BCUT2D eigenvalue weighted by molar-refractivity contribution is -0.163. The quantitative estimate of drug-likeness (QED) is 0.0367. The Morgan fingerprint density at radius 3 is 1.54 bits per heavy atom. The van der Waals surface area contributed by atoms with E-state index in [-0.39, 0.29) is 25.2 Å². The van der Waals surface area contributed by atoms with Crippen molar-refractivity contribution in [2.75, 3.05) is 19.8 Å². The maximum Gasteiger partial charge on any atom is 0.306 e. The third-order valence-electron chi connectivity index (χ3n) is 8.52. The van der Waals surface area contributed by atoms with Crippen LogP contribution in [0.25, 0.3) is 0 Å². The fourth-order valence-corrected chi connectivity index (χ4v) is 5.44. The highest BCUT2D eigenvalue weighted by molar-refractivity contribution is 5.70. The molecule has 0 saturated carbocycles. The Balaban J connectivity index is 4.29. The molecule has 0 aliphatic heterocycles. The zero-order valence-electron chi connectivity index (χ0n) is 32.9. The number of rotatable bonds is 37. The Morgan fingerprint density at radius 1 is 0.460 bits per heavy atom. The summed E-state index contributed by atoms with van der Waals surface area (Å²) in [7, 11) is 0. The van der Waals surface area contributed by atoms with Crippen molar-refractivity contribution < 1.29 is 23.8 Å². The molecule has 0 fully saturated rings. The summed E-state index contributed by atoms with van der Waals surface area (Å²) in [5.74, 6) is -0.451. The van der Waals surface area contributed by atoms with Crippen LogP contribution in [0, 0.1) is 0 Å². The molecular formula is C45H78O5. The molecule has 5 heteroatoms. The molecule has 0 saturated heterocycles. The van der Waals surface area contributed by atoms with Crippen molar-refractivity contribution in [2.45, 2.75) is 194 Å². The van der Waals surface area contributed by atoms with Gasteiger partial charge in [0, 0.05) is 19.4 Å². The zero-order valence-corrected chi connectivity index (χ0v) is 32.9. The average Bonchev–Trinajstić information content (AvgIpc) is 3.11. The fourth-order valence-electron chi connectivity index (χ4n) is 5.44. The molecule has 288 valence electrons. The van der Waals surface area contributed by atoms with Gasteiger partial charge in [-0.2, -0.15) is 0 Å². The number of allylic oxidation sites excluding steroid dienone is 10. The molecular weight excluding hydrogens is 620 g/mol. The molecule has 0 rings (SSSR count). The van der Waals surface area contributed by atoms with E-state index in [1.165, 1.54) is 64.2 Å². The summed E-state index contributed by atoms with van der Waals surface area (Å²) in [6, 6.07) is 0. The summed E-state index contributed by atoms with van der Waals surface area (Å²) in [5.41, 5.74) is 0. The van der Waals surface area contributed by atoms with Crippen molar-refractivity contribution in [1.29, 1.82) is 0 Å². The van der Waals surface area contributed by atoms with Crippen LogP contribution in [0.3, 0.4) is 0 Å². The van der Waals surface area contributed by atoms with Crippen molar-refractivity contribution >= 4 is 11.9 Å². The first kappa shape index (κ1) is 47.6. The number of unbranched alkanes of at least 4 members (excludes halogenated alkanes) is 16. The third-order valence-corrected chi connectivity index (χ3v) is 8.52. The lowest BCUT2D eigenvalue weighted by Crippen LogP contribution is -2.30. The molecule has 0 amide bonds. The largest absolute Gasteiger partial charge is 0.462 e. The van der Waals surface area contributed by atoms with Crippen molar-refractivity contribution in [3.8, 4) is 0 Å². The van der Waals surface area contributed by atoms with E-state index in [4.69, 9.17) is 14.2 Å². The molecule has 0 bridgehead atoms. The highest BCUT2D eigenvalue weighted by Gasteiger charge is 2.17. The monoisotopic (exact) mass is 699 g/mol. The van der Waals surface area contributed by atoms with E-state index in [0.717, 1.165) is 89.9 Å². The van der Waals surface area contributed by atoms with Gasteiger partial charge in [-0.3, -0.25) is 9.59 Å². The summed E-state index contributed by atoms with van der Waals surface area (Å²) in [5, 5.41) is 0. The molecule has 1 atom stereocenters. The van der Waals surface area contributed by atoms with Gasteiger partial charge in [-0.1, -0.05) is 159 Å². The zero-order chi connectivity index (χ0) is 36.4. The van der Waals surface area contributed by atoms with Gasteiger partial charge >= 0.3 is 11.9 Å². The minimum Gasteiger partial charge on any atom is -0.462 e. The molecule has 0 aliphatic carbocycles. The van der Waals surface area contributed by atoms with Crippen LogP contribution >= 0.6 is 0 Å². The van der Waals surface area contributed by atoms with Crippen LogP contribution in [0.5, 0.6) is 0 Å². The van der Waals surface area contributed by atoms with Crippen molar-refractivity contribution in [3.05, 3.63) is 60.8 Å². The van der Waals surface area contributed by atoms with E-state index in [1.54, 1.807) is 0 Å². The summed E-state index contributed by atoms with van der Waals surface area (Å²) in [6.07, 6.45) is 49.3. The lowest BCUT2D eigenvalue weighted by atomic mass is 10.1. The Morgan fingerprint density at radius 2 is 0.940 bits per heavy atom. The predicted molar refractivity (Wildman–Crippen MR) is 214 cm³/mol. The van der Waals surface area contributed by atoms with Gasteiger partial charge in [0.15, 0.2) is 6.10 Å². The maximum atomic E-state index is 12.6. The van der Waals surface area contributed by atoms with Gasteiger partial charge in [-0.15, -0.1) is 0 Å². The van der Waals surface area contributed by atoms with Crippen molar-refractivity contribution in [3.63, 3.8) is 0 Å². The van der Waals surface area contributed by atoms with E-state index < -0.39 is 6.10 Å². The van der Waals surface area contributed by atoms with E-state index >= 15 is 0 Å². The summed E-state index contributed by atoms with van der Waals surface area (Å²) >= 11 is 0. The molecule has 0 heterocycles. The number of esters is 2. The van der Waals surface area contributed by atoms with Crippen LogP contribution in [-0.2, 0) is 23.8 Å². The van der Waals surface area contributed by atoms with Crippen LogP contribution in [0.4, 0.5) is 0 Å². The fraction of sp³-hybridized carbons (Fsp3) is 0.733. The lowest BCUT2D eigenvalue weighted by Gasteiger charge is -2.18. The molecule has 0 aliphatic rings. The minimum absolute atomic E-state index is 0.0639. The number of carbonyl (C=O) groups excluding carboxylic acids is 2. The molecule has 5 nitrogen and oxygen atoms in total. The molecule has 0 radical (unpaired) electrons. The van der Waals surface area contributed by atoms with E-state index in [2.05, 4.69) is 81.5 Å². The average molecular weight is 699 g/mol. The van der Waals surface area contributed by atoms with Gasteiger partial charge in [-0.25, -0.2) is 0 Å². The number of hydrogen-bond acceptors (Lipinski definition) is 5. The van der Waals surface area contributed by atoms with Crippen molar-refractivity contribution in [2.24, 2.45) is 0 Å². The Kier molecular flexibility index (Phi) is 39.1. The van der Waals surface area contributed by atoms with Crippen LogP contribution in [0.2, 0.25) is 0 Å². The van der Waals surface area contributed by atoms with Gasteiger partial charge < -0.3 is 14.2 Å². The molecule has 0 aromatic rings. The highest BCUT2D eigenvalue weighted by Crippen LogP contribution is 2.12. The summed E-state index contributed by atoms with van der Waals surface area (Å²) < 4.78 is 17.2. The van der Waals surface area contributed by atoms with Crippen LogP contribution in [0.1, 0.15) is 188 Å². The molecule has 0 aromatic heterocycles. The van der Waals surface area contributed by atoms with Gasteiger partial charge in [-0.05, 0) is 77.0 Å². The SMILES string of the molecule is CC/C=C\C/C=C\C/C=C\CCCCCC(=O)OCC(COCCCCCCCCCC)OC(=O)CCCCCCC/C=C\C/C=C\CCC. The van der Waals surface area contributed by atoms with Crippen LogP contribution in [-0.4, -0.2) is 37.9 Å². The molecule has 0 spiro atoms. The Labute approximate surface area is 309 Å². The second kappa shape index (κ2) is 41.0. The first-order valence-corrected chi connectivity index (χ1v) is 20.8. The van der Waals surface area contributed by atoms with Crippen LogP contribution < -0.4 is 0 Å². The maximum absolute atomic E-state index is 12.6. The Hall–Kier alpha value is -2.40. The second-order valence-electron chi connectivity index (χ2n) is 13.5. The van der Waals surface area contributed by atoms with E-state index in [1.807, 2.05) is 0 Å². The number of ether oxygens (including phenoxy) is 3. The summed E-state index contributed by atoms with van der Waals surface area (Å²) in [6.45, 7) is 7.57. The number of hydrogen-bond donors (Lipinski definition) is 0. The molecule has 0 aromatic carbocycles. The molecule has 0 N–H and O–H groups in total. The van der Waals surface area contributed by atoms with Gasteiger partial charge in [0.1, 0.15) is 6.61 Å². The van der Waals surface area contributed by atoms with Gasteiger partial charge in [0.2, 0.25) is 0 Å². The topological polar surface area (TPSA) is 61.8 Å². The van der Waals surface area contributed by atoms with Crippen LogP contribution in [0.15, 0.2) is 60.8 Å². The standard InChI is InChI=1S/C45H78O5/c1-4-7-10-13-16-19-21-23-25-27-29-32-35-38-44(46)49-42-43(41-48-40-37-34-31-18-15-12-9-6-3)50-45(47)39-36-33-30-28-26-24-22-20-17-14-11-8-5-2/h7,10-11,14,16,19-20,22-23,25,43H,4-6,8-9,12-13,15,17-18,21,24,26-42H2,1-3H3/b10-7-,14-11-,19-16-,22-20-,25-23-. The van der Waals surface area contributed by atoms with E-state index in [9.17, 15) is 9.59 Å². The van der Waals surface area contributed by atoms with E-state index in [0.29, 0.717) is 19.4 Å². The van der Waals surface area contributed by atoms with Gasteiger partial charge in [0.25, 0.3) is 0 Å². The predicted octanol–water partition coefficient (Wildman–Crippen LogP) is 13.4. The molecule has 50 heavy (non-hydrogen) atoms. The first-order chi connectivity index (χ1) is 24.6. The third kappa shape index (κ3) is 38.4. The summed E-state index contributed by atoms with van der Waals surface area (Å²) in [4.78, 5) is 25.1. The first-order valence-electron chi connectivity index (χ1n) is 20.8. The minimum atomic E-state index is -0.550. The van der Waals surface area contributed by atoms with Crippen molar-refractivity contribution in [1.82, 2.24) is 0 Å². The molecule has 1 unspecified atom stereocenters.